The average molecular weight is 257 g/mol. The van der Waals surface area contributed by atoms with E-state index in [2.05, 4.69) is 19.0 Å². The molecular formula is C16H35NO. The Bertz CT molecular complexity index is 164. The normalized spacial score (nSPS) is 16.8. The number of hydrogen-bond acceptors (Lipinski definition) is 1. The molecule has 1 fully saturated rings. The number of nitrogens with zero attached hydrogens (tertiary/aromatic N) is 1. The molecule has 1 saturated carbocycles. The van der Waals surface area contributed by atoms with Crippen molar-refractivity contribution in [2.45, 2.75) is 77.0 Å². The van der Waals surface area contributed by atoms with Crippen molar-refractivity contribution < 1.29 is 5.48 Å². The van der Waals surface area contributed by atoms with E-state index in [1.165, 1.54) is 83.6 Å². The van der Waals surface area contributed by atoms with E-state index in [9.17, 15) is 0 Å². The van der Waals surface area contributed by atoms with Gasteiger partial charge in [-0.3, -0.25) is 0 Å². The van der Waals surface area contributed by atoms with E-state index in [1.807, 2.05) is 0 Å². The number of unbranched alkanes of at least 4 members (excludes halogenated alkanes) is 5. The van der Waals surface area contributed by atoms with Gasteiger partial charge in [0.1, 0.15) is 0 Å². The molecule has 1 aliphatic carbocycles. The lowest BCUT2D eigenvalue weighted by Crippen LogP contribution is -2.12. The van der Waals surface area contributed by atoms with Crippen LogP contribution in [0.5, 0.6) is 0 Å². The molecule has 0 aromatic heterocycles. The summed E-state index contributed by atoms with van der Waals surface area (Å²) < 4.78 is 0. The topological polar surface area (TPSA) is 34.7 Å². The fourth-order valence-electron chi connectivity index (χ4n) is 3.04. The largest absolute Gasteiger partial charge is 0.412 e. The minimum Gasteiger partial charge on any atom is -0.412 e. The summed E-state index contributed by atoms with van der Waals surface area (Å²) in [6.45, 7) is 1.27. The van der Waals surface area contributed by atoms with Crippen LogP contribution in [-0.4, -0.2) is 31.0 Å². The Morgan fingerprint density at radius 1 is 0.778 bits per heavy atom. The lowest BCUT2D eigenvalue weighted by molar-refractivity contribution is 0.327. The Hall–Kier alpha value is -0.0800. The second-order valence-electron chi connectivity index (χ2n) is 6.22. The van der Waals surface area contributed by atoms with Gasteiger partial charge in [0.05, 0.1) is 0 Å². The van der Waals surface area contributed by atoms with E-state index < -0.39 is 0 Å². The molecule has 110 valence electrons. The van der Waals surface area contributed by atoms with Crippen LogP contribution < -0.4 is 0 Å². The smallest absolute Gasteiger partial charge is 0.00248 e. The van der Waals surface area contributed by atoms with Crippen molar-refractivity contribution in [1.29, 1.82) is 0 Å². The van der Waals surface area contributed by atoms with Gasteiger partial charge >= 0.3 is 0 Å². The minimum absolute atomic E-state index is 0. The van der Waals surface area contributed by atoms with E-state index in [4.69, 9.17) is 0 Å². The Morgan fingerprint density at radius 3 is 1.94 bits per heavy atom. The summed E-state index contributed by atoms with van der Waals surface area (Å²) >= 11 is 0. The third-order valence-electron chi connectivity index (χ3n) is 4.19. The first-order valence-electron chi connectivity index (χ1n) is 7.94. The molecule has 0 aromatic rings. The van der Waals surface area contributed by atoms with Gasteiger partial charge in [-0.25, -0.2) is 0 Å². The van der Waals surface area contributed by atoms with Crippen LogP contribution in [0.15, 0.2) is 0 Å². The summed E-state index contributed by atoms with van der Waals surface area (Å²) in [5.74, 6) is 1.09. The Labute approximate surface area is 114 Å². The summed E-state index contributed by atoms with van der Waals surface area (Å²) in [4.78, 5) is 2.29. The third-order valence-corrected chi connectivity index (χ3v) is 4.19. The highest BCUT2D eigenvalue weighted by molar-refractivity contribution is 4.65. The molecule has 0 unspecified atom stereocenters. The second kappa shape index (κ2) is 12.0. The zero-order valence-corrected chi connectivity index (χ0v) is 12.7. The van der Waals surface area contributed by atoms with Crippen LogP contribution >= 0.6 is 0 Å². The third kappa shape index (κ3) is 9.90. The highest BCUT2D eigenvalue weighted by Gasteiger charge is 2.12. The molecule has 0 amide bonds. The molecule has 0 bridgehead atoms. The molecule has 18 heavy (non-hydrogen) atoms. The quantitative estimate of drug-likeness (QED) is 0.574. The summed E-state index contributed by atoms with van der Waals surface area (Å²) in [5.41, 5.74) is 0. The van der Waals surface area contributed by atoms with Crippen molar-refractivity contribution in [1.82, 2.24) is 4.90 Å². The van der Waals surface area contributed by atoms with Crippen LogP contribution in [-0.2, 0) is 0 Å². The van der Waals surface area contributed by atoms with Crippen LogP contribution in [0.3, 0.4) is 0 Å². The predicted molar refractivity (Wildman–Crippen MR) is 81.1 cm³/mol. The fraction of sp³-hybridized carbons (Fsp3) is 1.00. The predicted octanol–water partition coefficient (Wildman–Crippen LogP) is 4.03. The summed E-state index contributed by atoms with van der Waals surface area (Å²) in [6, 6.07) is 0. The molecule has 0 atom stereocenters. The van der Waals surface area contributed by atoms with Gasteiger partial charge in [0.15, 0.2) is 0 Å². The molecule has 0 saturated heterocycles. The van der Waals surface area contributed by atoms with E-state index in [0.717, 1.165) is 5.92 Å². The van der Waals surface area contributed by atoms with Gasteiger partial charge in [-0.1, -0.05) is 70.6 Å². The lowest BCUT2D eigenvalue weighted by atomic mass is 9.85. The van der Waals surface area contributed by atoms with Gasteiger partial charge < -0.3 is 10.4 Å². The maximum atomic E-state index is 2.29. The van der Waals surface area contributed by atoms with Crippen molar-refractivity contribution in [2.75, 3.05) is 20.6 Å². The molecular weight excluding hydrogens is 222 g/mol. The van der Waals surface area contributed by atoms with Gasteiger partial charge in [0, 0.05) is 0 Å². The average Bonchev–Trinajstić information content (AvgIpc) is 2.33. The van der Waals surface area contributed by atoms with Crippen molar-refractivity contribution in [3.63, 3.8) is 0 Å². The monoisotopic (exact) mass is 257 g/mol. The highest BCUT2D eigenvalue weighted by atomic mass is 16.0. The maximum Gasteiger partial charge on any atom is -0.00248 e. The molecule has 0 spiro atoms. The molecule has 1 aliphatic rings. The highest BCUT2D eigenvalue weighted by Crippen LogP contribution is 2.28. The van der Waals surface area contributed by atoms with Crippen LogP contribution in [0, 0.1) is 5.92 Å². The van der Waals surface area contributed by atoms with Crippen molar-refractivity contribution in [3.05, 3.63) is 0 Å². The van der Waals surface area contributed by atoms with Crippen LogP contribution in [0.25, 0.3) is 0 Å². The Kier molecular flexibility index (Phi) is 11.9. The van der Waals surface area contributed by atoms with Gasteiger partial charge in [-0.05, 0) is 33.0 Å². The fourth-order valence-corrected chi connectivity index (χ4v) is 3.04. The molecule has 2 heteroatoms. The van der Waals surface area contributed by atoms with Gasteiger partial charge in [-0.15, -0.1) is 0 Å². The lowest BCUT2D eigenvalue weighted by Gasteiger charge is -2.21. The van der Waals surface area contributed by atoms with E-state index in [0.29, 0.717) is 0 Å². The van der Waals surface area contributed by atoms with Crippen LogP contribution in [0.2, 0.25) is 0 Å². The molecule has 2 N–H and O–H groups in total. The van der Waals surface area contributed by atoms with E-state index in [1.54, 1.807) is 0 Å². The first-order valence-corrected chi connectivity index (χ1v) is 7.94. The zero-order valence-electron chi connectivity index (χ0n) is 12.7. The van der Waals surface area contributed by atoms with Crippen molar-refractivity contribution >= 4 is 0 Å². The van der Waals surface area contributed by atoms with Crippen LogP contribution in [0.1, 0.15) is 77.0 Å². The maximum absolute atomic E-state index is 2.29. The molecule has 0 aromatic carbocycles. The standard InChI is InChI=1S/C16H33N.H2O/c1-17(2)15-11-6-4-3-5-8-12-16-13-9-7-10-14-16;/h16H,3-15H2,1-2H3;1H2. The Balaban J connectivity index is 0.00000289. The summed E-state index contributed by atoms with van der Waals surface area (Å²) in [7, 11) is 4.34. The second-order valence-corrected chi connectivity index (χ2v) is 6.22. The van der Waals surface area contributed by atoms with Gasteiger partial charge in [0.25, 0.3) is 0 Å². The molecule has 2 nitrogen and oxygen atoms in total. The van der Waals surface area contributed by atoms with Crippen molar-refractivity contribution in [3.8, 4) is 0 Å². The first kappa shape index (κ1) is 17.9. The number of rotatable bonds is 9. The summed E-state index contributed by atoms with van der Waals surface area (Å²) in [5, 5.41) is 0. The van der Waals surface area contributed by atoms with Gasteiger partial charge in [-0.2, -0.15) is 0 Å². The first-order chi connectivity index (χ1) is 8.29. The Morgan fingerprint density at radius 2 is 1.33 bits per heavy atom. The van der Waals surface area contributed by atoms with E-state index >= 15 is 0 Å². The van der Waals surface area contributed by atoms with Crippen molar-refractivity contribution in [2.24, 2.45) is 5.92 Å². The molecule has 1 rings (SSSR count). The van der Waals surface area contributed by atoms with Gasteiger partial charge in [0.2, 0.25) is 0 Å². The summed E-state index contributed by atoms with van der Waals surface area (Å²) in [6.07, 6.45) is 17.8. The van der Waals surface area contributed by atoms with E-state index in [-0.39, 0.29) is 5.48 Å². The zero-order chi connectivity index (χ0) is 12.3. The molecule has 0 radical (unpaired) electrons. The minimum atomic E-state index is 0. The molecule has 0 heterocycles. The number of hydrogen-bond donors (Lipinski definition) is 0. The SMILES string of the molecule is CN(C)CCCCCCCCC1CCCCC1.O. The van der Waals surface area contributed by atoms with Crippen LogP contribution in [0.4, 0.5) is 0 Å². The molecule has 0 aliphatic heterocycles.